The van der Waals surface area contributed by atoms with Crippen LogP contribution in [0.5, 0.6) is 11.5 Å². The van der Waals surface area contributed by atoms with Crippen LogP contribution in [0, 0.1) is 0 Å². The van der Waals surface area contributed by atoms with Crippen LogP contribution in [0.15, 0.2) is 83.3 Å². The van der Waals surface area contributed by atoms with Crippen molar-refractivity contribution in [2.24, 2.45) is 0 Å². The van der Waals surface area contributed by atoms with Crippen molar-refractivity contribution >= 4 is 27.7 Å². The maximum atomic E-state index is 12.0. The van der Waals surface area contributed by atoms with Gasteiger partial charge in [0.2, 0.25) is 0 Å². The Morgan fingerprint density at radius 2 is 1.34 bits per heavy atom. The minimum atomic E-state index is -0.611. The highest BCUT2D eigenvalue weighted by atomic mass is 79.9. The molecular weight excluding hydrogens is 436 g/mol. The lowest BCUT2D eigenvalue weighted by Crippen LogP contribution is -2.19. The lowest BCUT2D eigenvalue weighted by atomic mass is 10.1. The van der Waals surface area contributed by atoms with Crippen LogP contribution in [0.25, 0.3) is 0 Å². The van der Waals surface area contributed by atoms with E-state index in [0.29, 0.717) is 23.7 Å². The molecule has 5 nitrogen and oxygen atoms in total. The Balaban J connectivity index is 1.39. The second-order valence-electron chi connectivity index (χ2n) is 6.13. The number of halogens is 1. The zero-order valence-electron chi connectivity index (χ0n) is 15.5. The molecule has 148 valence electrons. The monoisotopic (exact) mass is 454 g/mol. The van der Waals surface area contributed by atoms with Crippen LogP contribution >= 0.6 is 15.9 Å². The molecule has 3 aromatic rings. The number of carbonyl (C=O) groups is 2. The van der Waals surface area contributed by atoms with Gasteiger partial charge in [0.25, 0.3) is 0 Å². The van der Waals surface area contributed by atoms with Gasteiger partial charge in [-0.3, -0.25) is 4.79 Å². The van der Waals surface area contributed by atoms with Crippen LogP contribution in [0.4, 0.5) is 0 Å². The van der Waals surface area contributed by atoms with E-state index in [1.807, 2.05) is 30.3 Å². The van der Waals surface area contributed by atoms with Gasteiger partial charge in [-0.2, -0.15) is 0 Å². The van der Waals surface area contributed by atoms with Gasteiger partial charge in [-0.15, -0.1) is 0 Å². The average Bonchev–Trinajstić information content (AvgIpc) is 2.76. The summed E-state index contributed by atoms with van der Waals surface area (Å²) in [4.78, 5) is 23.8. The van der Waals surface area contributed by atoms with Crippen molar-refractivity contribution in [3.63, 3.8) is 0 Å². The Hall–Kier alpha value is -3.12. The second-order valence-corrected chi connectivity index (χ2v) is 7.04. The number of rotatable bonds is 9. The molecule has 0 amide bonds. The maximum absolute atomic E-state index is 12.0. The fourth-order valence-corrected chi connectivity index (χ4v) is 2.69. The van der Waals surface area contributed by atoms with Crippen LogP contribution in [0.1, 0.15) is 15.9 Å². The third-order valence-corrected chi connectivity index (χ3v) is 4.49. The van der Waals surface area contributed by atoms with Gasteiger partial charge in [-0.1, -0.05) is 58.4 Å². The predicted octanol–water partition coefficient (Wildman–Crippen LogP) is 4.83. The number of Topliss-reactive ketones (excluding diaryl/α,β-unsaturated/α-hetero) is 1. The van der Waals surface area contributed by atoms with E-state index in [1.54, 1.807) is 48.5 Å². The van der Waals surface area contributed by atoms with E-state index in [2.05, 4.69) is 15.9 Å². The van der Waals surface area contributed by atoms with E-state index >= 15 is 0 Å². The normalized spacial score (nSPS) is 10.2. The first-order valence-corrected chi connectivity index (χ1v) is 9.73. The quantitative estimate of drug-likeness (QED) is 0.342. The topological polar surface area (TPSA) is 61.8 Å². The highest BCUT2D eigenvalue weighted by molar-refractivity contribution is 9.10. The molecule has 3 aromatic carbocycles. The Morgan fingerprint density at radius 1 is 0.724 bits per heavy atom. The third kappa shape index (κ3) is 6.76. The van der Waals surface area contributed by atoms with Gasteiger partial charge in [0.05, 0.1) is 0 Å². The minimum Gasteiger partial charge on any atom is -0.489 e. The number of hydrogen-bond donors (Lipinski definition) is 0. The van der Waals surface area contributed by atoms with Gasteiger partial charge in [0.15, 0.2) is 19.0 Å². The first kappa shape index (κ1) is 20.6. The highest BCUT2D eigenvalue weighted by Crippen LogP contribution is 2.19. The van der Waals surface area contributed by atoms with E-state index in [9.17, 15) is 9.59 Å². The Morgan fingerprint density at radius 3 is 2.00 bits per heavy atom. The zero-order valence-corrected chi connectivity index (χ0v) is 17.1. The average molecular weight is 455 g/mol. The molecule has 29 heavy (non-hydrogen) atoms. The Bertz CT molecular complexity index is 937. The van der Waals surface area contributed by atoms with E-state index in [0.717, 1.165) is 10.0 Å². The largest absolute Gasteiger partial charge is 0.489 e. The van der Waals surface area contributed by atoms with Gasteiger partial charge < -0.3 is 14.2 Å². The number of ether oxygens (including phenoxy) is 3. The fraction of sp³-hybridized carbons (Fsp3) is 0.130. The summed E-state index contributed by atoms with van der Waals surface area (Å²) in [7, 11) is 0. The summed E-state index contributed by atoms with van der Waals surface area (Å²) in [6.45, 7) is -0.131. The molecule has 0 unspecified atom stereocenters. The molecule has 3 rings (SSSR count). The number of hydrogen-bond acceptors (Lipinski definition) is 5. The first-order valence-electron chi connectivity index (χ1n) is 8.94. The first-order chi connectivity index (χ1) is 14.1. The third-order valence-electron chi connectivity index (χ3n) is 3.96. The molecule has 0 heterocycles. The van der Waals surface area contributed by atoms with Gasteiger partial charge in [0, 0.05) is 10.0 Å². The van der Waals surface area contributed by atoms with E-state index < -0.39 is 5.97 Å². The maximum Gasteiger partial charge on any atom is 0.344 e. The van der Waals surface area contributed by atoms with Crippen LogP contribution in [-0.4, -0.2) is 25.0 Å². The summed E-state index contributed by atoms with van der Waals surface area (Å²) in [5, 5.41) is 0. The molecule has 0 radical (unpaired) electrons. The summed E-state index contributed by atoms with van der Waals surface area (Å²) >= 11 is 3.30. The molecule has 6 heteroatoms. The number of benzene rings is 3. The molecule has 0 bridgehead atoms. The van der Waals surface area contributed by atoms with Gasteiger partial charge in [0.1, 0.15) is 18.1 Å². The van der Waals surface area contributed by atoms with Gasteiger partial charge >= 0.3 is 5.97 Å². The van der Waals surface area contributed by atoms with Crippen molar-refractivity contribution in [3.8, 4) is 11.5 Å². The van der Waals surface area contributed by atoms with Crippen molar-refractivity contribution in [3.05, 3.63) is 94.5 Å². The van der Waals surface area contributed by atoms with Crippen molar-refractivity contribution in [1.82, 2.24) is 0 Å². The summed E-state index contributed by atoms with van der Waals surface area (Å²) in [6, 6.07) is 23.6. The van der Waals surface area contributed by atoms with Gasteiger partial charge in [-0.25, -0.2) is 4.79 Å². The molecule has 0 saturated carbocycles. The summed E-state index contributed by atoms with van der Waals surface area (Å²) in [5.74, 6) is 0.322. The van der Waals surface area contributed by atoms with Crippen LogP contribution in [-0.2, 0) is 16.1 Å². The van der Waals surface area contributed by atoms with Crippen molar-refractivity contribution < 1.29 is 23.8 Å². The molecule has 0 N–H and O–H groups in total. The highest BCUT2D eigenvalue weighted by Gasteiger charge is 2.10. The molecule has 0 aliphatic heterocycles. The smallest absolute Gasteiger partial charge is 0.344 e. The fourth-order valence-electron chi connectivity index (χ4n) is 2.42. The number of ketones is 1. The second kappa shape index (κ2) is 10.4. The molecule has 0 spiro atoms. The van der Waals surface area contributed by atoms with Crippen molar-refractivity contribution in [2.45, 2.75) is 6.61 Å². The number of esters is 1. The van der Waals surface area contributed by atoms with E-state index in [1.165, 1.54) is 0 Å². The van der Waals surface area contributed by atoms with Crippen LogP contribution in [0.3, 0.4) is 0 Å². The van der Waals surface area contributed by atoms with Crippen molar-refractivity contribution in [2.75, 3.05) is 13.2 Å². The molecular formula is C23H19BrO5. The van der Waals surface area contributed by atoms with Crippen LogP contribution in [0.2, 0.25) is 0 Å². The number of carbonyl (C=O) groups excluding carboxylic acids is 2. The Labute approximate surface area is 177 Å². The molecule has 0 saturated heterocycles. The lowest BCUT2D eigenvalue weighted by molar-refractivity contribution is -0.144. The molecule has 0 atom stereocenters. The molecule has 0 aliphatic rings. The van der Waals surface area contributed by atoms with E-state index in [-0.39, 0.29) is 19.0 Å². The minimum absolute atomic E-state index is 0.272. The molecule has 0 aliphatic carbocycles. The predicted molar refractivity (Wildman–Crippen MR) is 112 cm³/mol. The standard InChI is InChI=1S/C23H19BrO5/c24-19-8-6-18(7-9-19)22(25)15-29-23(26)16-28-21-12-10-20(11-13-21)27-14-17-4-2-1-3-5-17/h1-13H,14-16H2. The van der Waals surface area contributed by atoms with E-state index in [4.69, 9.17) is 14.2 Å². The zero-order chi connectivity index (χ0) is 20.5. The lowest BCUT2D eigenvalue weighted by Gasteiger charge is -2.09. The Kier molecular flexibility index (Phi) is 7.41. The molecule has 0 aromatic heterocycles. The van der Waals surface area contributed by atoms with Crippen LogP contribution < -0.4 is 9.47 Å². The van der Waals surface area contributed by atoms with Crippen molar-refractivity contribution in [1.29, 1.82) is 0 Å². The summed E-state index contributed by atoms with van der Waals surface area (Å²) in [5.41, 5.74) is 1.56. The SMILES string of the molecule is O=C(COc1ccc(OCc2ccccc2)cc1)OCC(=O)c1ccc(Br)cc1. The summed E-state index contributed by atoms with van der Waals surface area (Å²) in [6.07, 6.45) is 0. The van der Waals surface area contributed by atoms with Gasteiger partial charge in [-0.05, 0) is 42.0 Å². The summed E-state index contributed by atoms with van der Waals surface area (Å²) < 4.78 is 16.9. The molecule has 0 fully saturated rings.